The Hall–Kier alpha value is -0.790. The van der Waals surface area contributed by atoms with E-state index >= 15 is 0 Å². The third-order valence-corrected chi connectivity index (χ3v) is 6.72. The Morgan fingerprint density at radius 1 is 1.23 bits per heavy atom. The van der Waals surface area contributed by atoms with E-state index in [1.54, 1.807) is 5.57 Å². The van der Waals surface area contributed by atoms with Gasteiger partial charge in [-0.25, -0.2) is 0 Å². The number of oxime groups is 1. The van der Waals surface area contributed by atoms with Gasteiger partial charge in [0.1, 0.15) is 6.10 Å². The van der Waals surface area contributed by atoms with E-state index in [-0.39, 0.29) is 6.10 Å². The van der Waals surface area contributed by atoms with Crippen molar-refractivity contribution in [2.75, 3.05) is 0 Å². The summed E-state index contributed by atoms with van der Waals surface area (Å²) in [5.41, 5.74) is 3.64. The number of rotatable bonds is 3. The predicted molar refractivity (Wildman–Crippen MR) is 92.9 cm³/mol. The standard InChI is InChI=1S/C20H33NO/c1-13(2)22-21-14(3)12-17-15-8-9-16-18(15)19(4,5)10-7-11-20(16,17)6/h12-13,15-16,18H,7-11H2,1-6H3/b17-12-,21-14+/t15-,16-,18+,20+/m1/s1. The number of nitrogens with zero attached hydrogens (tertiary/aromatic N) is 1. The fourth-order valence-electron chi connectivity index (χ4n) is 5.91. The molecule has 3 rings (SSSR count). The van der Waals surface area contributed by atoms with Crippen molar-refractivity contribution in [2.45, 2.75) is 79.8 Å². The van der Waals surface area contributed by atoms with Crippen LogP contribution in [0.1, 0.15) is 73.6 Å². The summed E-state index contributed by atoms with van der Waals surface area (Å²) in [6, 6.07) is 0. The molecule has 2 nitrogen and oxygen atoms in total. The van der Waals surface area contributed by atoms with Crippen LogP contribution in [0.25, 0.3) is 0 Å². The normalized spacial score (nSPS) is 42.0. The zero-order valence-corrected chi connectivity index (χ0v) is 15.3. The maximum atomic E-state index is 5.45. The van der Waals surface area contributed by atoms with Crippen molar-refractivity contribution in [2.24, 2.45) is 33.7 Å². The molecule has 3 saturated carbocycles. The van der Waals surface area contributed by atoms with Gasteiger partial charge < -0.3 is 4.84 Å². The van der Waals surface area contributed by atoms with Crippen molar-refractivity contribution >= 4 is 5.71 Å². The number of allylic oxidation sites excluding steroid dienone is 2. The van der Waals surface area contributed by atoms with Gasteiger partial charge in [-0.3, -0.25) is 0 Å². The molecule has 3 aliphatic carbocycles. The zero-order chi connectivity index (χ0) is 16.1. The summed E-state index contributed by atoms with van der Waals surface area (Å²) in [6.45, 7) is 13.7. The Balaban J connectivity index is 1.95. The van der Waals surface area contributed by atoms with Crippen LogP contribution in [-0.2, 0) is 4.84 Å². The summed E-state index contributed by atoms with van der Waals surface area (Å²) < 4.78 is 0. The molecule has 0 heterocycles. The molecule has 4 bridgehead atoms. The lowest BCUT2D eigenvalue weighted by Gasteiger charge is -2.36. The highest BCUT2D eigenvalue weighted by molar-refractivity contribution is 5.93. The van der Waals surface area contributed by atoms with E-state index < -0.39 is 0 Å². The van der Waals surface area contributed by atoms with Gasteiger partial charge in [-0.1, -0.05) is 37.9 Å². The van der Waals surface area contributed by atoms with Crippen LogP contribution in [0.3, 0.4) is 0 Å². The quantitative estimate of drug-likeness (QED) is 0.492. The molecule has 0 radical (unpaired) electrons. The molecule has 0 aromatic rings. The molecule has 0 N–H and O–H groups in total. The van der Waals surface area contributed by atoms with E-state index in [1.807, 2.05) is 13.8 Å². The molecule has 0 aromatic heterocycles. The highest BCUT2D eigenvalue weighted by Gasteiger charge is 2.62. The van der Waals surface area contributed by atoms with E-state index in [9.17, 15) is 0 Å². The third kappa shape index (κ3) is 2.43. The van der Waals surface area contributed by atoms with Crippen LogP contribution >= 0.6 is 0 Å². The first-order chi connectivity index (χ1) is 10.3. The van der Waals surface area contributed by atoms with Crippen LogP contribution in [-0.4, -0.2) is 11.8 Å². The number of hydrogen-bond donors (Lipinski definition) is 0. The maximum Gasteiger partial charge on any atom is 0.122 e. The second-order valence-corrected chi connectivity index (χ2v) is 9.06. The molecule has 22 heavy (non-hydrogen) atoms. The van der Waals surface area contributed by atoms with E-state index in [2.05, 4.69) is 38.9 Å². The molecule has 4 atom stereocenters. The Kier molecular flexibility index (Phi) is 3.94. The van der Waals surface area contributed by atoms with Crippen molar-refractivity contribution in [3.63, 3.8) is 0 Å². The Morgan fingerprint density at radius 2 is 1.95 bits per heavy atom. The Bertz CT molecular complexity index is 502. The van der Waals surface area contributed by atoms with Crippen LogP contribution in [0.4, 0.5) is 0 Å². The molecule has 3 fully saturated rings. The second kappa shape index (κ2) is 5.39. The molecular formula is C20H33NO. The molecule has 0 spiro atoms. The number of hydrogen-bond acceptors (Lipinski definition) is 2. The van der Waals surface area contributed by atoms with Gasteiger partial charge in [-0.15, -0.1) is 0 Å². The molecule has 124 valence electrons. The van der Waals surface area contributed by atoms with E-state index in [0.717, 1.165) is 23.5 Å². The minimum Gasteiger partial charge on any atom is -0.393 e. The summed E-state index contributed by atoms with van der Waals surface area (Å²) in [7, 11) is 0. The fraction of sp³-hybridized carbons (Fsp3) is 0.850. The molecule has 2 heteroatoms. The van der Waals surface area contributed by atoms with Gasteiger partial charge >= 0.3 is 0 Å². The van der Waals surface area contributed by atoms with Crippen LogP contribution in [0.5, 0.6) is 0 Å². The molecule has 0 amide bonds. The highest BCUT2D eigenvalue weighted by atomic mass is 16.6. The SMILES string of the molecule is CC(/C=C1/[C@H]2CC[C@@H]3[C@H]2C(C)(C)CCC[C@]13C)=N\OC(C)C. The molecule has 0 aliphatic heterocycles. The third-order valence-electron chi connectivity index (χ3n) is 6.72. The molecule has 0 saturated heterocycles. The fourth-order valence-corrected chi connectivity index (χ4v) is 5.91. The minimum absolute atomic E-state index is 0.158. The average molecular weight is 303 g/mol. The van der Waals surface area contributed by atoms with Gasteiger partial charge in [-0.2, -0.15) is 0 Å². The van der Waals surface area contributed by atoms with Gasteiger partial charge in [0.2, 0.25) is 0 Å². The maximum absolute atomic E-state index is 5.45. The molecule has 0 aromatic carbocycles. The van der Waals surface area contributed by atoms with Gasteiger partial charge in [0, 0.05) is 0 Å². The van der Waals surface area contributed by atoms with E-state index in [0.29, 0.717) is 10.8 Å². The van der Waals surface area contributed by atoms with E-state index in [1.165, 1.54) is 32.1 Å². The van der Waals surface area contributed by atoms with Crippen molar-refractivity contribution in [3.8, 4) is 0 Å². The summed E-state index contributed by atoms with van der Waals surface area (Å²) in [5.74, 6) is 2.56. The summed E-state index contributed by atoms with van der Waals surface area (Å²) in [5, 5.41) is 4.32. The lowest BCUT2D eigenvalue weighted by molar-refractivity contribution is 0.0860. The van der Waals surface area contributed by atoms with Gasteiger partial charge in [0.05, 0.1) is 5.71 Å². The monoisotopic (exact) mass is 303 g/mol. The van der Waals surface area contributed by atoms with E-state index in [4.69, 9.17) is 4.84 Å². The largest absolute Gasteiger partial charge is 0.393 e. The van der Waals surface area contributed by atoms with Crippen molar-refractivity contribution in [3.05, 3.63) is 11.6 Å². The smallest absolute Gasteiger partial charge is 0.122 e. The predicted octanol–water partition coefficient (Wildman–Crippen LogP) is 5.59. The Labute approximate surface area is 136 Å². The summed E-state index contributed by atoms with van der Waals surface area (Å²) in [4.78, 5) is 5.45. The molecule has 0 unspecified atom stereocenters. The summed E-state index contributed by atoms with van der Waals surface area (Å²) in [6.07, 6.45) is 9.49. The van der Waals surface area contributed by atoms with Gasteiger partial charge in [0.15, 0.2) is 0 Å². The minimum atomic E-state index is 0.158. The summed E-state index contributed by atoms with van der Waals surface area (Å²) >= 11 is 0. The zero-order valence-electron chi connectivity index (χ0n) is 15.3. The molecule has 3 aliphatic rings. The van der Waals surface area contributed by atoms with Crippen molar-refractivity contribution < 1.29 is 4.84 Å². The first kappa shape index (κ1) is 16.1. The van der Waals surface area contributed by atoms with Crippen LogP contribution in [0.15, 0.2) is 16.8 Å². The highest BCUT2D eigenvalue weighted by Crippen LogP contribution is 2.70. The molecular weight excluding hydrogens is 270 g/mol. The second-order valence-electron chi connectivity index (χ2n) is 9.06. The lowest BCUT2D eigenvalue weighted by atomic mass is 9.68. The van der Waals surface area contributed by atoms with Gasteiger partial charge in [0.25, 0.3) is 0 Å². The lowest BCUT2D eigenvalue weighted by Crippen LogP contribution is -2.28. The van der Waals surface area contributed by atoms with Crippen LogP contribution in [0.2, 0.25) is 0 Å². The van der Waals surface area contributed by atoms with Crippen LogP contribution in [0, 0.1) is 28.6 Å². The van der Waals surface area contributed by atoms with Gasteiger partial charge in [-0.05, 0) is 81.1 Å². The van der Waals surface area contributed by atoms with Crippen molar-refractivity contribution in [1.29, 1.82) is 0 Å². The van der Waals surface area contributed by atoms with Crippen molar-refractivity contribution in [1.82, 2.24) is 0 Å². The van der Waals surface area contributed by atoms with Crippen LogP contribution < -0.4 is 0 Å². The first-order valence-corrected chi connectivity index (χ1v) is 9.18. The Morgan fingerprint density at radius 3 is 2.64 bits per heavy atom. The first-order valence-electron chi connectivity index (χ1n) is 9.18. The average Bonchev–Trinajstić information content (AvgIpc) is 2.91. The topological polar surface area (TPSA) is 21.6 Å².